The van der Waals surface area contributed by atoms with Crippen LogP contribution >= 0.6 is 0 Å². The van der Waals surface area contributed by atoms with Crippen molar-refractivity contribution in [3.8, 4) is 5.69 Å². The Labute approximate surface area is 119 Å². The lowest BCUT2D eigenvalue weighted by atomic mass is 10.00. The van der Waals surface area contributed by atoms with E-state index in [1.807, 2.05) is 41.1 Å². The molecule has 0 bridgehead atoms. The highest BCUT2D eigenvalue weighted by Gasteiger charge is 2.19. The summed E-state index contributed by atoms with van der Waals surface area (Å²) in [6.07, 6.45) is 10.4. The lowest BCUT2D eigenvalue weighted by Crippen LogP contribution is -2.10. The molecule has 3 rings (SSSR count). The minimum absolute atomic E-state index is 0.158. The quantitative estimate of drug-likeness (QED) is 0.767. The Bertz CT molecular complexity index is 568. The number of para-hydroxylation sites is 1. The van der Waals surface area contributed by atoms with Crippen molar-refractivity contribution in [1.29, 1.82) is 0 Å². The highest BCUT2D eigenvalue weighted by atomic mass is 16.1. The van der Waals surface area contributed by atoms with Crippen LogP contribution in [0.15, 0.2) is 42.7 Å². The molecule has 1 aromatic carbocycles. The Balaban J connectivity index is 1.70. The molecular formula is C17H20N2O. The zero-order valence-corrected chi connectivity index (χ0v) is 11.7. The average Bonchev–Trinajstić information content (AvgIpc) is 3.17. The number of aromatic nitrogens is 2. The highest BCUT2D eigenvalue weighted by molar-refractivity contribution is 5.93. The maximum atomic E-state index is 12.4. The third-order valence-corrected chi connectivity index (χ3v) is 4.18. The van der Waals surface area contributed by atoms with Crippen LogP contribution in [0.2, 0.25) is 0 Å². The van der Waals surface area contributed by atoms with Gasteiger partial charge in [0.25, 0.3) is 0 Å². The molecule has 0 atom stereocenters. The van der Waals surface area contributed by atoms with Gasteiger partial charge in [0.05, 0.1) is 0 Å². The molecule has 0 radical (unpaired) electrons. The minimum atomic E-state index is 0.158. The molecule has 3 nitrogen and oxygen atoms in total. The lowest BCUT2D eigenvalue weighted by Gasteiger charge is -2.09. The van der Waals surface area contributed by atoms with Gasteiger partial charge in [0.15, 0.2) is 11.6 Å². The molecule has 0 amide bonds. The van der Waals surface area contributed by atoms with E-state index in [1.54, 1.807) is 6.20 Å². The third-order valence-electron chi connectivity index (χ3n) is 4.18. The molecule has 2 aromatic rings. The molecule has 104 valence electrons. The summed E-state index contributed by atoms with van der Waals surface area (Å²) in [5, 5.41) is 0. The van der Waals surface area contributed by atoms with Gasteiger partial charge in [-0.25, -0.2) is 4.98 Å². The molecular weight excluding hydrogens is 248 g/mol. The van der Waals surface area contributed by atoms with Crippen molar-refractivity contribution in [1.82, 2.24) is 9.55 Å². The molecule has 0 aliphatic heterocycles. The molecule has 0 unspecified atom stereocenters. The number of carbonyl (C=O) groups excluding carboxylic acids is 1. The van der Waals surface area contributed by atoms with Crippen LogP contribution in [0, 0.1) is 5.92 Å². The topological polar surface area (TPSA) is 34.9 Å². The molecule has 0 N–H and O–H groups in total. The summed E-state index contributed by atoms with van der Waals surface area (Å²) in [6.45, 7) is 0. The van der Waals surface area contributed by atoms with E-state index < -0.39 is 0 Å². The Morgan fingerprint density at radius 2 is 1.95 bits per heavy atom. The van der Waals surface area contributed by atoms with Crippen molar-refractivity contribution in [2.45, 2.75) is 38.5 Å². The Morgan fingerprint density at radius 1 is 1.20 bits per heavy atom. The van der Waals surface area contributed by atoms with Gasteiger partial charge in [-0.05, 0) is 24.5 Å². The number of ketones is 1. The van der Waals surface area contributed by atoms with Crippen molar-refractivity contribution >= 4 is 5.78 Å². The van der Waals surface area contributed by atoms with Crippen LogP contribution in [0.25, 0.3) is 5.69 Å². The average molecular weight is 268 g/mol. The summed E-state index contributed by atoms with van der Waals surface area (Å²) >= 11 is 0. The van der Waals surface area contributed by atoms with Gasteiger partial charge in [0.2, 0.25) is 0 Å². The molecule has 1 fully saturated rings. The summed E-state index contributed by atoms with van der Waals surface area (Å²) < 4.78 is 1.89. The zero-order valence-electron chi connectivity index (χ0n) is 11.7. The van der Waals surface area contributed by atoms with E-state index in [4.69, 9.17) is 0 Å². The van der Waals surface area contributed by atoms with Crippen LogP contribution in [-0.4, -0.2) is 15.3 Å². The smallest absolute Gasteiger partial charge is 0.198 e. The summed E-state index contributed by atoms with van der Waals surface area (Å²) in [7, 11) is 0. The van der Waals surface area contributed by atoms with Crippen molar-refractivity contribution in [3.63, 3.8) is 0 Å². The normalized spacial score (nSPS) is 15.6. The van der Waals surface area contributed by atoms with E-state index in [9.17, 15) is 4.79 Å². The number of rotatable bonds is 5. The Kier molecular flexibility index (Phi) is 3.95. The monoisotopic (exact) mass is 268 g/mol. The first kappa shape index (κ1) is 13.1. The first-order valence-electron chi connectivity index (χ1n) is 7.46. The molecule has 1 heterocycles. The molecule has 0 spiro atoms. The second-order valence-electron chi connectivity index (χ2n) is 5.57. The van der Waals surface area contributed by atoms with E-state index in [-0.39, 0.29) is 5.78 Å². The van der Waals surface area contributed by atoms with Crippen molar-refractivity contribution in [3.05, 3.63) is 48.5 Å². The number of benzene rings is 1. The summed E-state index contributed by atoms with van der Waals surface area (Å²) in [5.74, 6) is 1.47. The van der Waals surface area contributed by atoms with Crippen molar-refractivity contribution in [2.24, 2.45) is 5.92 Å². The van der Waals surface area contributed by atoms with Crippen LogP contribution in [0.1, 0.15) is 49.1 Å². The van der Waals surface area contributed by atoms with E-state index >= 15 is 0 Å². The van der Waals surface area contributed by atoms with E-state index in [1.165, 1.54) is 25.7 Å². The Morgan fingerprint density at radius 3 is 2.70 bits per heavy atom. The fraction of sp³-hybridized carbons (Fsp3) is 0.412. The fourth-order valence-electron chi connectivity index (χ4n) is 3.05. The predicted octanol–water partition coefficient (Wildman–Crippen LogP) is 4.03. The van der Waals surface area contributed by atoms with Gasteiger partial charge < -0.3 is 0 Å². The second-order valence-corrected chi connectivity index (χ2v) is 5.57. The van der Waals surface area contributed by atoms with Gasteiger partial charge in [0.1, 0.15) is 0 Å². The standard InChI is InChI=1S/C17H20N2O/c20-16(11-10-14-6-4-5-7-14)17-18-12-13-19(17)15-8-2-1-3-9-15/h1-3,8-9,12-14H,4-7,10-11H2. The number of hydrogen-bond donors (Lipinski definition) is 0. The lowest BCUT2D eigenvalue weighted by molar-refractivity contribution is 0.0962. The number of nitrogens with zero attached hydrogens (tertiary/aromatic N) is 2. The van der Waals surface area contributed by atoms with Crippen LogP contribution < -0.4 is 0 Å². The van der Waals surface area contributed by atoms with Crippen LogP contribution in [0.4, 0.5) is 0 Å². The molecule has 20 heavy (non-hydrogen) atoms. The largest absolute Gasteiger partial charge is 0.297 e. The summed E-state index contributed by atoms with van der Waals surface area (Å²) in [5.41, 5.74) is 0.995. The highest BCUT2D eigenvalue weighted by Crippen LogP contribution is 2.29. The maximum absolute atomic E-state index is 12.4. The molecule has 0 saturated heterocycles. The van der Waals surface area contributed by atoms with Gasteiger partial charge in [0, 0.05) is 24.5 Å². The van der Waals surface area contributed by atoms with E-state index in [0.717, 1.165) is 18.0 Å². The SMILES string of the molecule is O=C(CCC1CCCC1)c1nccn1-c1ccccc1. The summed E-state index contributed by atoms with van der Waals surface area (Å²) in [6, 6.07) is 9.91. The van der Waals surface area contributed by atoms with Crippen LogP contribution in [0.5, 0.6) is 0 Å². The number of Topliss-reactive ketones (excluding diaryl/α,β-unsaturated/α-hetero) is 1. The molecule has 1 aromatic heterocycles. The molecule has 1 aliphatic rings. The van der Waals surface area contributed by atoms with Crippen molar-refractivity contribution < 1.29 is 4.79 Å². The van der Waals surface area contributed by atoms with Gasteiger partial charge in [-0.3, -0.25) is 9.36 Å². The number of carbonyl (C=O) groups is 1. The zero-order chi connectivity index (χ0) is 13.8. The fourth-order valence-corrected chi connectivity index (χ4v) is 3.05. The first-order chi connectivity index (χ1) is 9.84. The minimum Gasteiger partial charge on any atom is -0.297 e. The van der Waals surface area contributed by atoms with Gasteiger partial charge >= 0.3 is 0 Å². The van der Waals surface area contributed by atoms with Gasteiger partial charge in [-0.2, -0.15) is 0 Å². The van der Waals surface area contributed by atoms with E-state index in [0.29, 0.717) is 12.2 Å². The second kappa shape index (κ2) is 6.04. The Hall–Kier alpha value is -1.90. The van der Waals surface area contributed by atoms with Gasteiger partial charge in [-0.1, -0.05) is 43.9 Å². The number of imidazole rings is 1. The number of hydrogen-bond acceptors (Lipinski definition) is 2. The predicted molar refractivity (Wildman–Crippen MR) is 79.1 cm³/mol. The van der Waals surface area contributed by atoms with Crippen LogP contribution in [-0.2, 0) is 0 Å². The third kappa shape index (κ3) is 2.82. The molecule has 3 heteroatoms. The molecule has 1 saturated carbocycles. The van der Waals surface area contributed by atoms with Crippen molar-refractivity contribution in [2.75, 3.05) is 0 Å². The van der Waals surface area contributed by atoms with Gasteiger partial charge in [-0.15, -0.1) is 0 Å². The maximum Gasteiger partial charge on any atom is 0.198 e. The first-order valence-corrected chi connectivity index (χ1v) is 7.46. The summed E-state index contributed by atoms with van der Waals surface area (Å²) in [4.78, 5) is 16.6. The molecule has 1 aliphatic carbocycles. The van der Waals surface area contributed by atoms with Crippen LogP contribution in [0.3, 0.4) is 0 Å². The van der Waals surface area contributed by atoms with E-state index in [2.05, 4.69) is 4.98 Å².